The Balaban J connectivity index is 1.59. The van der Waals surface area contributed by atoms with Crippen LogP contribution in [0, 0.1) is 5.82 Å². The van der Waals surface area contributed by atoms with Gasteiger partial charge in [0.25, 0.3) is 5.56 Å². The molecule has 0 saturated heterocycles. The Morgan fingerprint density at radius 3 is 3.08 bits per heavy atom. The zero-order valence-corrected chi connectivity index (χ0v) is 13.9. The number of nitrogens with zero attached hydrogens (tertiary/aromatic N) is 2. The summed E-state index contributed by atoms with van der Waals surface area (Å²) < 4.78 is 20.2. The van der Waals surface area contributed by atoms with Gasteiger partial charge in [-0.3, -0.25) is 14.2 Å². The zero-order valence-electron chi connectivity index (χ0n) is 13.9. The highest BCUT2D eigenvalue weighted by Crippen LogP contribution is 2.32. The SMILES string of the molecule is O=C(Cn1cnc2ccc(F)cc2c1=O)Nc1cccc2c1OCCC2. The number of carbonyl (C=O) groups is 1. The van der Waals surface area contributed by atoms with Gasteiger partial charge in [0.1, 0.15) is 18.1 Å². The number of aromatic nitrogens is 2. The number of carbonyl (C=O) groups excluding carboxylic acids is 1. The van der Waals surface area contributed by atoms with Crippen LogP contribution in [0.15, 0.2) is 47.5 Å². The molecule has 132 valence electrons. The van der Waals surface area contributed by atoms with Crippen molar-refractivity contribution in [3.8, 4) is 5.75 Å². The molecule has 0 atom stereocenters. The molecule has 0 spiro atoms. The highest BCUT2D eigenvalue weighted by molar-refractivity contribution is 5.92. The second-order valence-corrected chi connectivity index (χ2v) is 6.13. The van der Waals surface area contributed by atoms with E-state index in [0.29, 0.717) is 23.6 Å². The lowest BCUT2D eigenvalue weighted by Crippen LogP contribution is -2.28. The second kappa shape index (κ2) is 6.59. The summed E-state index contributed by atoms with van der Waals surface area (Å²) >= 11 is 0. The molecule has 0 bridgehead atoms. The first-order valence-corrected chi connectivity index (χ1v) is 8.31. The molecular weight excluding hydrogens is 337 g/mol. The van der Waals surface area contributed by atoms with Crippen LogP contribution in [0.5, 0.6) is 5.75 Å². The van der Waals surface area contributed by atoms with E-state index in [1.54, 1.807) is 6.07 Å². The van der Waals surface area contributed by atoms with Crippen molar-refractivity contribution in [3.63, 3.8) is 0 Å². The summed E-state index contributed by atoms with van der Waals surface area (Å²) in [6.07, 6.45) is 3.14. The minimum absolute atomic E-state index is 0.140. The molecule has 1 aliphatic heterocycles. The standard InChI is InChI=1S/C19H16FN3O3/c20-13-6-7-15-14(9-13)19(25)23(11-21-15)10-17(24)22-16-5-1-3-12-4-2-8-26-18(12)16/h1,3,5-7,9,11H,2,4,8,10H2,(H,22,24). The molecule has 0 aliphatic carbocycles. The van der Waals surface area contributed by atoms with Gasteiger partial charge in [0, 0.05) is 0 Å². The van der Waals surface area contributed by atoms with Crippen LogP contribution in [0.25, 0.3) is 10.9 Å². The fourth-order valence-electron chi connectivity index (χ4n) is 3.08. The predicted molar refractivity (Wildman–Crippen MR) is 94.8 cm³/mol. The molecule has 1 amide bonds. The van der Waals surface area contributed by atoms with Gasteiger partial charge in [-0.05, 0) is 42.7 Å². The highest BCUT2D eigenvalue weighted by Gasteiger charge is 2.16. The van der Waals surface area contributed by atoms with Crippen molar-refractivity contribution in [1.29, 1.82) is 0 Å². The number of hydrogen-bond donors (Lipinski definition) is 1. The highest BCUT2D eigenvalue weighted by atomic mass is 19.1. The van der Waals surface area contributed by atoms with Gasteiger partial charge in [0.2, 0.25) is 5.91 Å². The largest absolute Gasteiger partial charge is 0.491 e. The monoisotopic (exact) mass is 353 g/mol. The van der Waals surface area contributed by atoms with Crippen LogP contribution in [0.4, 0.5) is 10.1 Å². The fourth-order valence-corrected chi connectivity index (χ4v) is 3.08. The van der Waals surface area contributed by atoms with Crippen LogP contribution in [-0.4, -0.2) is 22.1 Å². The Bertz CT molecular complexity index is 1060. The maximum Gasteiger partial charge on any atom is 0.261 e. The molecule has 0 saturated carbocycles. The molecule has 3 aromatic rings. The van der Waals surface area contributed by atoms with Crippen molar-refractivity contribution in [3.05, 3.63) is 64.5 Å². The Morgan fingerprint density at radius 2 is 2.19 bits per heavy atom. The number of ether oxygens (including phenoxy) is 1. The Labute approximate surface area is 148 Å². The van der Waals surface area contributed by atoms with Crippen molar-refractivity contribution in [1.82, 2.24) is 9.55 Å². The van der Waals surface area contributed by atoms with Crippen molar-refractivity contribution >= 4 is 22.5 Å². The third-order valence-corrected chi connectivity index (χ3v) is 4.31. The molecule has 6 nitrogen and oxygen atoms in total. The first-order valence-electron chi connectivity index (χ1n) is 8.31. The van der Waals surface area contributed by atoms with Gasteiger partial charge >= 0.3 is 0 Å². The number of rotatable bonds is 3. The van der Waals surface area contributed by atoms with Gasteiger partial charge in [-0.2, -0.15) is 0 Å². The number of aryl methyl sites for hydroxylation is 1. The number of anilines is 1. The molecular formula is C19H16FN3O3. The minimum Gasteiger partial charge on any atom is -0.491 e. The zero-order chi connectivity index (χ0) is 18.1. The van der Waals surface area contributed by atoms with Crippen LogP contribution in [0.2, 0.25) is 0 Å². The Hall–Kier alpha value is -3.22. The van der Waals surface area contributed by atoms with E-state index >= 15 is 0 Å². The molecule has 2 heterocycles. The van der Waals surface area contributed by atoms with Gasteiger partial charge in [-0.15, -0.1) is 0 Å². The molecule has 7 heteroatoms. The summed E-state index contributed by atoms with van der Waals surface area (Å²) in [5.74, 6) is -0.225. The topological polar surface area (TPSA) is 73.2 Å². The Morgan fingerprint density at radius 1 is 1.31 bits per heavy atom. The summed E-state index contributed by atoms with van der Waals surface area (Å²) in [6.45, 7) is 0.390. The maximum atomic E-state index is 13.4. The molecule has 1 aliphatic rings. The molecule has 1 N–H and O–H groups in total. The molecule has 2 aromatic carbocycles. The van der Waals surface area contributed by atoms with E-state index in [4.69, 9.17) is 4.74 Å². The van der Waals surface area contributed by atoms with Gasteiger partial charge in [0.05, 0.1) is 29.5 Å². The quantitative estimate of drug-likeness (QED) is 0.785. The van der Waals surface area contributed by atoms with Crippen molar-refractivity contribution in [2.45, 2.75) is 19.4 Å². The van der Waals surface area contributed by atoms with Gasteiger partial charge in [-0.1, -0.05) is 12.1 Å². The summed E-state index contributed by atoms with van der Waals surface area (Å²) in [6, 6.07) is 9.39. The van der Waals surface area contributed by atoms with Crippen molar-refractivity contribution in [2.24, 2.45) is 0 Å². The van der Waals surface area contributed by atoms with Crippen molar-refractivity contribution < 1.29 is 13.9 Å². The number of benzene rings is 2. The molecule has 0 unspecified atom stereocenters. The lowest BCUT2D eigenvalue weighted by Gasteiger charge is -2.20. The summed E-state index contributed by atoms with van der Waals surface area (Å²) in [5.41, 5.74) is 1.56. The van der Waals surface area contributed by atoms with Gasteiger partial charge in [-0.25, -0.2) is 9.37 Å². The first-order chi connectivity index (χ1) is 12.6. The lowest BCUT2D eigenvalue weighted by atomic mass is 10.1. The van der Waals surface area contributed by atoms with Gasteiger partial charge < -0.3 is 10.1 Å². The van der Waals surface area contributed by atoms with Crippen LogP contribution < -0.4 is 15.6 Å². The van der Waals surface area contributed by atoms with E-state index in [-0.39, 0.29) is 17.8 Å². The summed E-state index contributed by atoms with van der Waals surface area (Å²) in [7, 11) is 0. The van der Waals surface area contributed by atoms with Crippen LogP contribution in [0.3, 0.4) is 0 Å². The van der Waals surface area contributed by atoms with Crippen molar-refractivity contribution in [2.75, 3.05) is 11.9 Å². The summed E-state index contributed by atoms with van der Waals surface area (Å²) in [5, 5.41) is 2.92. The van der Waals surface area contributed by atoms with E-state index in [0.717, 1.165) is 29.0 Å². The lowest BCUT2D eigenvalue weighted by molar-refractivity contribution is -0.116. The molecule has 1 aromatic heterocycles. The third kappa shape index (κ3) is 3.03. The minimum atomic E-state index is -0.522. The van der Waals surface area contributed by atoms with E-state index in [9.17, 15) is 14.0 Å². The van der Waals surface area contributed by atoms with E-state index in [1.807, 2.05) is 12.1 Å². The number of hydrogen-bond acceptors (Lipinski definition) is 4. The second-order valence-electron chi connectivity index (χ2n) is 6.13. The molecule has 0 radical (unpaired) electrons. The third-order valence-electron chi connectivity index (χ3n) is 4.31. The smallest absolute Gasteiger partial charge is 0.261 e. The number of fused-ring (bicyclic) bond motifs is 2. The predicted octanol–water partition coefficient (Wildman–Crippen LogP) is 2.50. The Kier molecular flexibility index (Phi) is 4.12. The number of amides is 1. The molecule has 4 rings (SSSR count). The normalized spacial score (nSPS) is 13.1. The van der Waals surface area contributed by atoms with E-state index in [1.165, 1.54) is 18.5 Å². The number of halogens is 1. The molecule has 26 heavy (non-hydrogen) atoms. The average Bonchev–Trinajstić information content (AvgIpc) is 2.65. The van der Waals surface area contributed by atoms with Crippen LogP contribution in [-0.2, 0) is 17.8 Å². The molecule has 0 fully saturated rings. The van der Waals surface area contributed by atoms with Crippen LogP contribution >= 0.6 is 0 Å². The number of nitrogens with one attached hydrogen (secondary N) is 1. The van der Waals surface area contributed by atoms with Gasteiger partial charge in [0.15, 0.2) is 0 Å². The van der Waals surface area contributed by atoms with E-state index in [2.05, 4.69) is 10.3 Å². The fraction of sp³-hybridized carbons (Fsp3) is 0.211. The van der Waals surface area contributed by atoms with Crippen LogP contribution in [0.1, 0.15) is 12.0 Å². The summed E-state index contributed by atoms with van der Waals surface area (Å²) in [4.78, 5) is 29.0. The number of para-hydroxylation sites is 1. The van der Waals surface area contributed by atoms with E-state index < -0.39 is 11.4 Å². The maximum absolute atomic E-state index is 13.4. The first kappa shape index (κ1) is 16.3. The average molecular weight is 353 g/mol.